The van der Waals surface area contributed by atoms with Crippen LogP contribution in [-0.4, -0.2) is 55.5 Å². The lowest BCUT2D eigenvalue weighted by Crippen LogP contribution is -2.45. The zero-order chi connectivity index (χ0) is 16.1. The van der Waals surface area contributed by atoms with Gasteiger partial charge in [-0.2, -0.15) is 0 Å². The highest BCUT2D eigenvalue weighted by atomic mass is 127. The Morgan fingerprint density at radius 3 is 2.79 bits per heavy atom. The van der Waals surface area contributed by atoms with E-state index < -0.39 is 0 Å². The molecule has 1 fully saturated rings. The minimum Gasteiger partial charge on any atom is -0.356 e. The molecule has 2 aliphatic rings. The number of guanidine groups is 1. The van der Waals surface area contributed by atoms with Crippen LogP contribution in [0, 0.1) is 5.92 Å². The molecule has 4 nitrogen and oxygen atoms in total. The molecule has 1 N–H and O–H groups in total. The molecule has 3 rings (SSSR count). The van der Waals surface area contributed by atoms with Crippen molar-refractivity contribution in [3.63, 3.8) is 0 Å². The minimum atomic E-state index is 0. The van der Waals surface area contributed by atoms with E-state index in [-0.39, 0.29) is 24.0 Å². The molecule has 2 aliphatic heterocycles. The fourth-order valence-corrected chi connectivity index (χ4v) is 3.84. The first-order chi connectivity index (χ1) is 11.3. The molecule has 0 radical (unpaired) electrons. The van der Waals surface area contributed by atoms with E-state index in [4.69, 9.17) is 0 Å². The van der Waals surface area contributed by atoms with Gasteiger partial charge in [0.05, 0.1) is 0 Å². The minimum absolute atomic E-state index is 0. The van der Waals surface area contributed by atoms with E-state index in [0.29, 0.717) is 0 Å². The maximum absolute atomic E-state index is 4.52. The quantitative estimate of drug-likeness (QED) is 0.442. The highest BCUT2D eigenvalue weighted by Gasteiger charge is 2.23. The zero-order valence-electron chi connectivity index (χ0n) is 15.0. The highest BCUT2D eigenvalue weighted by Crippen LogP contribution is 2.19. The molecule has 1 aromatic carbocycles. The molecule has 0 bridgehead atoms. The summed E-state index contributed by atoms with van der Waals surface area (Å²) in [4.78, 5) is 9.50. The first kappa shape index (κ1) is 19.5. The third-order valence-electron chi connectivity index (χ3n) is 5.10. The van der Waals surface area contributed by atoms with Crippen molar-refractivity contribution in [3.8, 4) is 0 Å². The molecule has 2 heterocycles. The normalized spacial score (nSPS) is 21.3. The van der Waals surface area contributed by atoms with E-state index in [0.717, 1.165) is 37.9 Å². The van der Waals surface area contributed by atoms with Gasteiger partial charge in [0, 0.05) is 33.2 Å². The number of nitrogens with zero attached hydrogens (tertiary/aromatic N) is 3. The number of hydrogen-bond acceptors (Lipinski definition) is 2. The zero-order valence-corrected chi connectivity index (χ0v) is 17.3. The molecular weight excluding hydrogens is 411 g/mol. The average Bonchev–Trinajstić information content (AvgIpc) is 3.03. The molecule has 5 heteroatoms. The standard InChI is InChI=1S/C19H30N4.HI/c1-3-10-22-11-8-16(14-22)13-21-19(20-2)23-12-9-17-6-4-5-7-18(17)15-23;/h4-7,16H,3,8-15H2,1-2H3,(H,20,21);1H. The number of nitrogens with one attached hydrogen (secondary N) is 1. The van der Waals surface area contributed by atoms with Gasteiger partial charge in [0.15, 0.2) is 5.96 Å². The number of rotatable bonds is 4. The predicted molar refractivity (Wildman–Crippen MR) is 112 cm³/mol. The van der Waals surface area contributed by atoms with Gasteiger partial charge in [0.2, 0.25) is 0 Å². The SMILES string of the molecule is CCCN1CCC(CNC(=NC)N2CCc3ccccc3C2)C1.I. The van der Waals surface area contributed by atoms with E-state index in [9.17, 15) is 0 Å². The van der Waals surface area contributed by atoms with Gasteiger partial charge < -0.3 is 15.1 Å². The summed E-state index contributed by atoms with van der Waals surface area (Å²) < 4.78 is 0. The first-order valence-corrected chi connectivity index (χ1v) is 9.05. The summed E-state index contributed by atoms with van der Waals surface area (Å²) in [6, 6.07) is 8.78. The Balaban J connectivity index is 0.00000208. The first-order valence-electron chi connectivity index (χ1n) is 9.05. The molecule has 0 spiro atoms. The van der Waals surface area contributed by atoms with Crippen LogP contribution in [0.25, 0.3) is 0 Å². The van der Waals surface area contributed by atoms with Crippen molar-refractivity contribution >= 4 is 29.9 Å². The lowest BCUT2D eigenvalue weighted by atomic mass is 10.0. The second-order valence-electron chi connectivity index (χ2n) is 6.82. The summed E-state index contributed by atoms with van der Waals surface area (Å²) in [5, 5.41) is 3.62. The van der Waals surface area contributed by atoms with E-state index >= 15 is 0 Å². The molecule has 1 unspecified atom stereocenters. The summed E-state index contributed by atoms with van der Waals surface area (Å²) in [5.41, 5.74) is 2.93. The third kappa shape index (κ3) is 4.85. The van der Waals surface area contributed by atoms with E-state index in [1.807, 2.05) is 7.05 Å². The average molecular weight is 442 g/mol. The molecule has 1 aromatic rings. The van der Waals surface area contributed by atoms with E-state index in [2.05, 4.69) is 51.3 Å². The van der Waals surface area contributed by atoms with Gasteiger partial charge in [0.25, 0.3) is 0 Å². The molecule has 134 valence electrons. The van der Waals surface area contributed by atoms with Crippen LogP contribution in [0.1, 0.15) is 30.9 Å². The molecule has 0 aromatic heterocycles. The smallest absolute Gasteiger partial charge is 0.193 e. The Morgan fingerprint density at radius 2 is 2.04 bits per heavy atom. The summed E-state index contributed by atoms with van der Waals surface area (Å²) in [7, 11) is 1.90. The number of benzene rings is 1. The number of likely N-dealkylation sites (tertiary alicyclic amines) is 1. The lowest BCUT2D eigenvalue weighted by Gasteiger charge is -2.32. The summed E-state index contributed by atoms with van der Waals surface area (Å²) in [5.74, 6) is 1.82. The Morgan fingerprint density at radius 1 is 1.25 bits per heavy atom. The van der Waals surface area contributed by atoms with Crippen molar-refractivity contribution < 1.29 is 0 Å². The Kier molecular flexibility index (Phi) is 7.81. The second-order valence-corrected chi connectivity index (χ2v) is 6.82. The summed E-state index contributed by atoms with van der Waals surface area (Å²) in [6.07, 6.45) is 3.69. The highest BCUT2D eigenvalue weighted by molar-refractivity contribution is 14.0. The van der Waals surface area contributed by atoms with Gasteiger partial charge >= 0.3 is 0 Å². The van der Waals surface area contributed by atoms with Crippen LogP contribution < -0.4 is 5.32 Å². The van der Waals surface area contributed by atoms with Crippen molar-refractivity contribution in [2.24, 2.45) is 10.9 Å². The van der Waals surface area contributed by atoms with E-state index in [1.54, 1.807) is 0 Å². The molecule has 1 saturated heterocycles. The second kappa shape index (κ2) is 9.61. The van der Waals surface area contributed by atoms with E-state index in [1.165, 1.54) is 43.6 Å². The number of halogens is 1. The molecule has 0 saturated carbocycles. The van der Waals surface area contributed by atoms with Crippen LogP contribution in [-0.2, 0) is 13.0 Å². The fourth-order valence-electron chi connectivity index (χ4n) is 3.84. The van der Waals surface area contributed by atoms with Gasteiger partial charge in [-0.15, -0.1) is 24.0 Å². The maximum atomic E-state index is 4.52. The fraction of sp³-hybridized carbons (Fsp3) is 0.632. The van der Waals surface area contributed by atoms with Gasteiger partial charge in [0.1, 0.15) is 0 Å². The number of hydrogen-bond donors (Lipinski definition) is 1. The van der Waals surface area contributed by atoms with Gasteiger partial charge in [-0.1, -0.05) is 31.2 Å². The van der Waals surface area contributed by atoms with Crippen molar-refractivity contribution in [1.82, 2.24) is 15.1 Å². The van der Waals surface area contributed by atoms with Crippen molar-refractivity contribution in [2.45, 2.75) is 32.7 Å². The molecule has 0 amide bonds. The van der Waals surface area contributed by atoms with Crippen LogP contribution >= 0.6 is 24.0 Å². The van der Waals surface area contributed by atoms with Crippen LogP contribution in [0.15, 0.2) is 29.3 Å². The molecule has 24 heavy (non-hydrogen) atoms. The molecule has 1 atom stereocenters. The Labute approximate surface area is 163 Å². The van der Waals surface area contributed by atoms with Crippen LogP contribution in [0.4, 0.5) is 0 Å². The van der Waals surface area contributed by atoms with Crippen molar-refractivity contribution in [1.29, 1.82) is 0 Å². The molecule has 0 aliphatic carbocycles. The third-order valence-corrected chi connectivity index (χ3v) is 5.10. The largest absolute Gasteiger partial charge is 0.356 e. The monoisotopic (exact) mass is 442 g/mol. The van der Waals surface area contributed by atoms with Gasteiger partial charge in [-0.05, 0) is 49.4 Å². The summed E-state index contributed by atoms with van der Waals surface area (Å²) >= 11 is 0. The topological polar surface area (TPSA) is 30.9 Å². The van der Waals surface area contributed by atoms with Crippen LogP contribution in [0.2, 0.25) is 0 Å². The number of aliphatic imine (C=N–C) groups is 1. The Bertz CT molecular complexity index is 546. The maximum Gasteiger partial charge on any atom is 0.193 e. The summed E-state index contributed by atoms with van der Waals surface area (Å²) in [6.45, 7) is 9.09. The predicted octanol–water partition coefficient (Wildman–Crippen LogP) is 2.97. The Hall–Kier alpha value is -0.820. The molecular formula is C19H31IN4. The lowest BCUT2D eigenvalue weighted by molar-refractivity contribution is 0.322. The number of fused-ring (bicyclic) bond motifs is 1. The van der Waals surface area contributed by atoms with Gasteiger partial charge in [-0.3, -0.25) is 4.99 Å². The van der Waals surface area contributed by atoms with Gasteiger partial charge in [-0.25, -0.2) is 0 Å². The van der Waals surface area contributed by atoms with Crippen LogP contribution in [0.5, 0.6) is 0 Å². The van der Waals surface area contributed by atoms with Crippen LogP contribution in [0.3, 0.4) is 0 Å². The van der Waals surface area contributed by atoms with Crippen molar-refractivity contribution in [3.05, 3.63) is 35.4 Å². The van der Waals surface area contributed by atoms with Crippen molar-refractivity contribution in [2.75, 3.05) is 39.8 Å².